The molecule has 0 spiro atoms. The van der Waals surface area contributed by atoms with Crippen LogP contribution in [0.15, 0.2) is 0 Å². The molecule has 0 aliphatic carbocycles. The Balaban J connectivity index is 0. The summed E-state index contributed by atoms with van der Waals surface area (Å²) < 4.78 is 11.3. The number of carboxylic acids is 1. The molecular weight excluding hydrogens is 247 g/mol. The van der Waals surface area contributed by atoms with E-state index in [0.29, 0.717) is 0 Å². The van der Waals surface area contributed by atoms with Crippen LogP contribution in [0.3, 0.4) is 0 Å². The largest absolute Gasteiger partial charge is 0.674 e. The number of hydrogen-bond donors (Lipinski definition) is 2. The third kappa shape index (κ3) is 6.51. The first-order valence-electron chi connectivity index (χ1n) is 3.64. The molecule has 16 heavy (non-hydrogen) atoms. The smallest absolute Gasteiger partial charge is 0.479 e. The van der Waals surface area contributed by atoms with E-state index in [-0.39, 0.29) is 0 Å². The number of aliphatic carboxylic acids is 1. The normalized spacial score (nSPS) is 16.2. The van der Waals surface area contributed by atoms with Crippen molar-refractivity contribution in [1.29, 1.82) is 0 Å². The van der Waals surface area contributed by atoms with Gasteiger partial charge in [0, 0.05) is 0 Å². The Kier molecular flexibility index (Phi) is 7.99. The van der Waals surface area contributed by atoms with Crippen molar-refractivity contribution in [2.45, 2.75) is 25.6 Å². The fraction of sp³-hybridized carbons (Fsp3) is 0.667. The van der Waals surface area contributed by atoms with Crippen LogP contribution >= 0.6 is 8.25 Å². The molecule has 0 radical (unpaired) electrons. The lowest BCUT2D eigenvalue weighted by Gasteiger charge is -2.27. The predicted molar refractivity (Wildman–Crippen MR) is 41.0 cm³/mol. The van der Waals surface area contributed by atoms with E-state index in [1.54, 1.807) is 0 Å². The van der Waals surface area contributed by atoms with E-state index < -0.39 is 31.7 Å². The molecule has 3 atom stereocenters. The van der Waals surface area contributed by atoms with Crippen LogP contribution in [-0.2, 0) is 18.8 Å². The average molecular weight is 256 g/mol. The molecule has 0 aliphatic rings. The highest BCUT2D eigenvalue weighted by Crippen LogP contribution is 2.09. The van der Waals surface area contributed by atoms with Crippen LogP contribution in [0.4, 0.5) is 0 Å². The van der Waals surface area contributed by atoms with E-state index in [4.69, 9.17) is 24.9 Å². The maximum Gasteiger partial charge on any atom is 0.479 e. The third-order valence-corrected chi connectivity index (χ3v) is 1.51. The summed E-state index contributed by atoms with van der Waals surface area (Å²) in [5.41, 5.74) is -2.51. The van der Waals surface area contributed by atoms with Crippen LogP contribution < -0.4 is 15.3 Å². The number of Topliss-reactive ketones (excluding diaryl/α,β-unsaturated/α-hetero) is 1. The van der Waals surface area contributed by atoms with Gasteiger partial charge in [0.25, 0.3) is 0 Å². The summed E-state index contributed by atoms with van der Waals surface area (Å²) in [7, 11) is -3.15. The average Bonchev–Trinajstić information content (AvgIpc) is 2.16. The van der Waals surface area contributed by atoms with Crippen molar-refractivity contribution in [3.05, 3.63) is 0 Å². The molecule has 0 aromatic rings. The molecule has 0 aromatic carbocycles. The van der Waals surface area contributed by atoms with Gasteiger partial charge in [0.1, 0.15) is 11.7 Å². The van der Waals surface area contributed by atoms with Crippen LogP contribution in [0.5, 0.6) is 0 Å². The SMILES string of the molecule is CC(=O)C(O)C(C)(O)C(=O)[O-].O=[P+]([O-])O[O-]. The minimum Gasteiger partial charge on any atom is -0.674 e. The molecule has 0 fully saturated rings. The van der Waals surface area contributed by atoms with E-state index in [2.05, 4.69) is 4.67 Å². The standard InChI is InChI=1S/C6H10O5.HO4P/c1-3(7)4(8)6(2,11)5(9)10;1-4-5(2)3/h4,8,11H,1-2H3,(H,9,10);1H/p-2. The van der Waals surface area contributed by atoms with Gasteiger partial charge in [-0.15, -0.1) is 0 Å². The van der Waals surface area contributed by atoms with Gasteiger partial charge in [-0.1, -0.05) is 0 Å². The van der Waals surface area contributed by atoms with Gasteiger partial charge in [-0.25, -0.2) is 4.67 Å². The molecule has 0 aromatic heterocycles. The van der Waals surface area contributed by atoms with Crippen molar-refractivity contribution in [2.75, 3.05) is 0 Å². The van der Waals surface area contributed by atoms with Crippen molar-refractivity contribution >= 4 is 20.0 Å². The van der Waals surface area contributed by atoms with Crippen LogP contribution in [0.1, 0.15) is 13.8 Å². The predicted octanol–water partition coefficient (Wildman–Crippen LogP) is -4.27. The number of carbonyl (C=O) groups excluding carboxylic acids is 2. The second-order valence-corrected chi connectivity index (χ2v) is 3.34. The summed E-state index contributed by atoms with van der Waals surface area (Å²) in [5.74, 6) is -2.69. The molecule has 0 aliphatic heterocycles. The van der Waals surface area contributed by atoms with E-state index in [1.165, 1.54) is 0 Å². The highest BCUT2D eigenvalue weighted by molar-refractivity contribution is 7.30. The zero-order chi connectivity index (χ0) is 13.5. The molecule has 10 heteroatoms. The second-order valence-electron chi connectivity index (χ2n) is 2.75. The highest BCUT2D eigenvalue weighted by Gasteiger charge is 2.34. The molecule has 0 bridgehead atoms. The molecule has 0 saturated heterocycles. The molecule has 94 valence electrons. The quantitative estimate of drug-likeness (QED) is 0.287. The molecule has 3 unspecified atom stereocenters. The number of rotatable bonds is 4. The number of aliphatic hydroxyl groups is 2. The molecular formula is C6H9O9P-2. The number of aliphatic hydroxyl groups excluding tert-OH is 1. The summed E-state index contributed by atoms with van der Waals surface area (Å²) >= 11 is 0. The lowest BCUT2D eigenvalue weighted by Crippen LogP contribution is -2.56. The van der Waals surface area contributed by atoms with E-state index >= 15 is 0 Å². The third-order valence-electron chi connectivity index (χ3n) is 1.39. The van der Waals surface area contributed by atoms with E-state index in [9.17, 15) is 14.7 Å². The Labute approximate surface area is 90.8 Å². The second kappa shape index (κ2) is 7.34. The van der Waals surface area contributed by atoms with Gasteiger partial charge in [-0.2, -0.15) is 0 Å². The molecule has 0 rings (SSSR count). The zero-order valence-corrected chi connectivity index (χ0v) is 9.17. The maximum atomic E-state index is 10.4. The fourth-order valence-electron chi connectivity index (χ4n) is 0.507. The summed E-state index contributed by atoms with van der Waals surface area (Å²) in [5, 5.41) is 36.3. The van der Waals surface area contributed by atoms with Gasteiger partial charge in [0.15, 0.2) is 5.78 Å². The Morgan fingerprint density at radius 1 is 1.50 bits per heavy atom. The number of hydrogen-bond acceptors (Lipinski definition) is 9. The van der Waals surface area contributed by atoms with Crippen molar-refractivity contribution in [3.63, 3.8) is 0 Å². The Morgan fingerprint density at radius 2 is 1.81 bits per heavy atom. The maximum absolute atomic E-state index is 10.4. The number of carboxylic acid groups (broad SMARTS) is 1. The van der Waals surface area contributed by atoms with Gasteiger partial charge in [-0.3, -0.25) is 4.79 Å². The zero-order valence-electron chi connectivity index (χ0n) is 8.28. The van der Waals surface area contributed by atoms with Crippen molar-refractivity contribution in [3.8, 4) is 0 Å². The minimum atomic E-state index is -3.15. The first-order chi connectivity index (χ1) is 7.07. The van der Waals surface area contributed by atoms with E-state index in [1.807, 2.05) is 0 Å². The summed E-state index contributed by atoms with van der Waals surface area (Å²) in [6, 6.07) is 0. The van der Waals surface area contributed by atoms with Crippen LogP contribution in [0.25, 0.3) is 0 Å². The van der Waals surface area contributed by atoms with Gasteiger partial charge in [0.2, 0.25) is 0 Å². The van der Waals surface area contributed by atoms with Gasteiger partial charge in [0.05, 0.1) is 5.97 Å². The first-order valence-corrected chi connectivity index (χ1v) is 4.73. The lowest BCUT2D eigenvalue weighted by molar-refractivity contribution is -0.644. The number of carbonyl (C=O) groups is 2. The Hall–Kier alpha value is -0.960. The Morgan fingerprint density at radius 3 is 1.88 bits per heavy atom. The van der Waals surface area contributed by atoms with Crippen LogP contribution in [0.2, 0.25) is 0 Å². The van der Waals surface area contributed by atoms with Crippen LogP contribution in [-0.4, -0.2) is 33.7 Å². The highest BCUT2D eigenvalue weighted by atomic mass is 31.1. The van der Waals surface area contributed by atoms with Crippen molar-refractivity contribution in [2.24, 2.45) is 0 Å². The Bertz CT molecular complexity index is 273. The van der Waals surface area contributed by atoms with Crippen LogP contribution in [0, 0.1) is 0 Å². The van der Waals surface area contributed by atoms with Crippen molar-refractivity contribution in [1.82, 2.24) is 0 Å². The van der Waals surface area contributed by atoms with E-state index in [0.717, 1.165) is 13.8 Å². The van der Waals surface area contributed by atoms with Crippen molar-refractivity contribution < 1.29 is 44.3 Å². The minimum absolute atomic E-state index is 0.800. The molecule has 2 N–H and O–H groups in total. The summed E-state index contributed by atoms with van der Waals surface area (Å²) in [6.45, 7) is 1.77. The molecule has 9 nitrogen and oxygen atoms in total. The topological polar surface area (TPSA) is 170 Å². The molecule has 0 saturated carbocycles. The number of ketones is 1. The van der Waals surface area contributed by atoms with Gasteiger partial charge in [-0.05, 0) is 18.4 Å². The lowest BCUT2D eigenvalue weighted by atomic mass is 9.97. The fourth-order valence-corrected chi connectivity index (χ4v) is 0.507. The summed E-state index contributed by atoms with van der Waals surface area (Å²) in [6.07, 6.45) is -1.94. The monoisotopic (exact) mass is 256 g/mol. The van der Waals surface area contributed by atoms with Gasteiger partial charge >= 0.3 is 8.25 Å². The summed E-state index contributed by atoms with van der Waals surface area (Å²) in [4.78, 5) is 29.4. The molecule has 0 amide bonds. The molecule has 0 heterocycles. The van der Waals surface area contributed by atoms with Gasteiger partial charge < -0.3 is 30.3 Å². The first kappa shape index (κ1) is 17.4.